The maximum atomic E-state index is 11.2. The van der Waals surface area contributed by atoms with Gasteiger partial charge in [0, 0.05) is 18.3 Å². The summed E-state index contributed by atoms with van der Waals surface area (Å²) in [5.74, 6) is -1.11. The van der Waals surface area contributed by atoms with Gasteiger partial charge in [0.1, 0.15) is 5.69 Å². The summed E-state index contributed by atoms with van der Waals surface area (Å²) in [5.41, 5.74) is 0.626. The van der Waals surface area contributed by atoms with Crippen molar-refractivity contribution in [2.24, 2.45) is 0 Å². The second-order valence-electron chi connectivity index (χ2n) is 4.33. The quantitative estimate of drug-likeness (QED) is 0.760. The van der Waals surface area contributed by atoms with Crippen molar-refractivity contribution in [1.82, 2.24) is 9.47 Å². The number of Topliss-reactive ketones (excluding diaryl/α,β-unsaturated/α-hetero) is 1. The first-order valence-corrected chi connectivity index (χ1v) is 5.51. The van der Waals surface area contributed by atoms with E-state index in [9.17, 15) is 9.59 Å². The Morgan fingerprint density at radius 1 is 1.41 bits per heavy atom. The van der Waals surface area contributed by atoms with Crippen LogP contribution in [0.25, 0.3) is 0 Å². The standard InChI is InChI=1S/C12H18N2O3/c1-9(15)10-7-11(12(16)17)14(8-10)6-4-5-13(2)3/h7-8H,4-6H2,1-3H3,(H,16,17). The lowest BCUT2D eigenvalue weighted by atomic mass is 10.2. The Bertz CT molecular complexity index is 421. The average Bonchev–Trinajstić information content (AvgIpc) is 2.61. The minimum Gasteiger partial charge on any atom is -0.477 e. The van der Waals surface area contributed by atoms with Crippen LogP contribution in [0.15, 0.2) is 12.3 Å². The minimum atomic E-state index is -0.998. The molecule has 0 aliphatic rings. The molecule has 1 aromatic heterocycles. The number of carbonyl (C=O) groups is 2. The first-order valence-electron chi connectivity index (χ1n) is 5.51. The molecule has 1 aromatic rings. The van der Waals surface area contributed by atoms with E-state index in [1.54, 1.807) is 10.8 Å². The Labute approximate surface area is 101 Å². The van der Waals surface area contributed by atoms with Crippen molar-refractivity contribution in [3.63, 3.8) is 0 Å². The molecule has 0 aliphatic heterocycles. The Balaban J connectivity index is 2.81. The molecule has 0 aromatic carbocycles. The Kier molecular flexibility index (Phi) is 4.45. The van der Waals surface area contributed by atoms with Gasteiger partial charge in [-0.05, 0) is 40.1 Å². The SMILES string of the molecule is CC(=O)c1cc(C(=O)O)n(CCCN(C)C)c1. The number of aromatic nitrogens is 1. The molecule has 0 unspecified atom stereocenters. The highest BCUT2D eigenvalue weighted by Crippen LogP contribution is 2.10. The molecule has 1 rings (SSSR count). The summed E-state index contributed by atoms with van der Waals surface area (Å²) in [6, 6.07) is 1.43. The predicted molar refractivity (Wildman–Crippen MR) is 64.6 cm³/mol. The summed E-state index contributed by atoms with van der Waals surface area (Å²) in [7, 11) is 3.93. The number of nitrogens with zero attached hydrogens (tertiary/aromatic N) is 2. The van der Waals surface area contributed by atoms with Crippen LogP contribution in [-0.2, 0) is 6.54 Å². The van der Waals surface area contributed by atoms with Gasteiger partial charge < -0.3 is 14.6 Å². The van der Waals surface area contributed by atoms with E-state index in [-0.39, 0.29) is 11.5 Å². The first-order chi connectivity index (χ1) is 7.91. The second-order valence-corrected chi connectivity index (χ2v) is 4.33. The van der Waals surface area contributed by atoms with E-state index in [0.717, 1.165) is 13.0 Å². The van der Waals surface area contributed by atoms with E-state index in [0.29, 0.717) is 12.1 Å². The third-order valence-electron chi connectivity index (χ3n) is 2.53. The number of carboxylic acids is 1. The zero-order valence-electron chi connectivity index (χ0n) is 10.4. The smallest absolute Gasteiger partial charge is 0.352 e. The van der Waals surface area contributed by atoms with Gasteiger partial charge in [0.25, 0.3) is 0 Å². The average molecular weight is 238 g/mol. The molecule has 94 valence electrons. The Morgan fingerprint density at radius 3 is 2.53 bits per heavy atom. The molecule has 0 radical (unpaired) electrons. The minimum absolute atomic E-state index is 0.112. The summed E-state index contributed by atoms with van der Waals surface area (Å²) in [4.78, 5) is 24.3. The number of ketones is 1. The molecular weight excluding hydrogens is 220 g/mol. The Hall–Kier alpha value is -1.62. The van der Waals surface area contributed by atoms with Crippen molar-refractivity contribution in [2.75, 3.05) is 20.6 Å². The van der Waals surface area contributed by atoms with Crippen LogP contribution in [0.4, 0.5) is 0 Å². The van der Waals surface area contributed by atoms with E-state index >= 15 is 0 Å². The summed E-state index contributed by atoms with van der Waals surface area (Å²) >= 11 is 0. The van der Waals surface area contributed by atoms with Crippen LogP contribution in [0.5, 0.6) is 0 Å². The van der Waals surface area contributed by atoms with Crippen molar-refractivity contribution < 1.29 is 14.7 Å². The van der Waals surface area contributed by atoms with E-state index in [1.807, 2.05) is 19.0 Å². The third kappa shape index (κ3) is 3.71. The topological polar surface area (TPSA) is 62.5 Å². The largest absolute Gasteiger partial charge is 0.477 e. The Morgan fingerprint density at radius 2 is 2.06 bits per heavy atom. The zero-order chi connectivity index (χ0) is 13.0. The molecule has 0 saturated carbocycles. The van der Waals surface area contributed by atoms with Gasteiger partial charge in [-0.15, -0.1) is 0 Å². The highest BCUT2D eigenvalue weighted by Gasteiger charge is 2.14. The highest BCUT2D eigenvalue weighted by atomic mass is 16.4. The zero-order valence-corrected chi connectivity index (χ0v) is 10.4. The summed E-state index contributed by atoms with van der Waals surface area (Å²) in [6.45, 7) is 2.92. The van der Waals surface area contributed by atoms with Crippen LogP contribution in [0.1, 0.15) is 34.2 Å². The number of hydrogen-bond donors (Lipinski definition) is 1. The summed E-state index contributed by atoms with van der Waals surface area (Å²) < 4.78 is 1.63. The van der Waals surface area contributed by atoms with Gasteiger partial charge in [0.05, 0.1) is 0 Å². The van der Waals surface area contributed by atoms with Crippen molar-refractivity contribution in [3.8, 4) is 0 Å². The molecule has 1 heterocycles. The molecule has 5 nitrogen and oxygen atoms in total. The van der Waals surface area contributed by atoms with Crippen LogP contribution in [0.3, 0.4) is 0 Å². The number of hydrogen-bond acceptors (Lipinski definition) is 3. The second kappa shape index (κ2) is 5.63. The molecule has 0 fully saturated rings. The number of aromatic carboxylic acids is 1. The van der Waals surface area contributed by atoms with Gasteiger partial charge in [-0.2, -0.15) is 0 Å². The number of aryl methyl sites for hydroxylation is 1. The molecular formula is C12H18N2O3. The molecule has 0 saturated heterocycles. The van der Waals surface area contributed by atoms with E-state index in [1.165, 1.54) is 13.0 Å². The van der Waals surface area contributed by atoms with Gasteiger partial charge in [-0.3, -0.25) is 4.79 Å². The van der Waals surface area contributed by atoms with Crippen molar-refractivity contribution in [2.45, 2.75) is 19.9 Å². The fraction of sp³-hybridized carbons (Fsp3) is 0.500. The monoisotopic (exact) mass is 238 g/mol. The molecule has 0 spiro atoms. The first kappa shape index (κ1) is 13.4. The molecule has 5 heteroatoms. The van der Waals surface area contributed by atoms with E-state index in [2.05, 4.69) is 0 Å². The van der Waals surface area contributed by atoms with Crippen molar-refractivity contribution in [1.29, 1.82) is 0 Å². The fourth-order valence-electron chi connectivity index (χ4n) is 1.62. The molecule has 17 heavy (non-hydrogen) atoms. The molecule has 0 atom stereocenters. The lowest BCUT2D eigenvalue weighted by Crippen LogP contribution is -2.16. The van der Waals surface area contributed by atoms with Gasteiger partial charge in [-0.25, -0.2) is 4.79 Å². The van der Waals surface area contributed by atoms with Crippen LogP contribution in [-0.4, -0.2) is 47.0 Å². The fourth-order valence-corrected chi connectivity index (χ4v) is 1.62. The van der Waals surface area contributed by atoms with E-state index < -0.39 is 5.97 Å². The van der Waals surface area contributed by atoms with Crippen LogP contribution >= 0.6 is 0 Å². The van der Waals surface area contributed by atoms with Crippen LogP contribution < -0.4 is 0 Å². The number of carbonyl (C=O) groups excluding carboxylic acids is 1. The third-order valence-corrected chi connectivity index (χ3v) is 2.53. The molecule has 0 bridgehead atoms. The van der Waals surface area contributed by atoms with Crippen LogP contribution in [0.2, 0.25) is 0 Å². The molecule has 0 amide bonds. The number of carboxylic acid groups (broad SMARTS) is 1. The van der Waals surface area contributed by atoms with E-state index in [4.69, 9.17) is 5.11 Å². The van der Waals surface area contributed by atoms with Crippen molar-refractivity contribution in [3.05, 3.63) is 23.5 Å². The lowest BCUT2D eigenvalue weighted by Gasteiger charge is -2.10. The lowest BCUT2D eigenvalue weighted by molar-refractivity contribution is 0.0684. The molecule has 1 N–H and O–H groups in total. The van der Waals surface area contributed by atoms with Gasteiger partial charge in [0.2, 0.25) is 0 Å². The summed E-state index contributed by atoms with van der Waals surface area (Å²) in [6.07, 6.45) is 2.46. The molecule has 0 aliphatic carbocycles. The van der Waals surface area contributed by atoms with Crippen molar-refractivity contribution >= 4 is 11.8 Å². The normalized spacial score (nSPS) is 10.8. The number of rotatable bonds is 6. The van der Waals surface area contributed by atoms with Crippen LogP contribution in [0, 0.1) is 0 Å². The maximum absolute atomic E-state index is 11.2. The summed E-state index contributed by atoms with van der Waals surface area (Å²) in [5, 5.41) is 9.03. The highest BCUT2D eigenvalue weighted by molar-refractivity contribution is 5.97. The maximum Gasteiger partial charge on any atom is 0.352 e. The van der Waals surface area contributed by atoms with Gasteiger partial charge in [-0.1, -0.05) is 0 Å². The predicted octanol–water partition coefficient (Wildman–Crippen LogP) is 1.34. The van der Waals surface area contributed by atoms with Gasteiger partial charge in [0.15, 0.2) is 5.78 Å². The van der Waals surface area contributed by atoms with Gasteiger partial charge >= 0.3 is 5.97 Å².